The molecule has 0 bridgehead atoms. The Kier molecular flexibility index (Phi) is 3.24. The first-order valence-electron chi connectivity index (χ1n) is 5.39. The molecular formula is C11H16BrN3. The lowest BCUT2D eigenvalue weighted by molar-refractivity contribution is 0.497. The molecule has 2 rings (SSSR count). The van der Waals surface area contributed by atoms with Crippen molar-refractivity contribution in [1.29, 1.82) is 0 Å². The van der Waals surface area contributed by atoms with Gasteiger partial charge >= 0.3 is 0 Å². The number of rotatable bonds is 1. The predicted molar refractivity (Wildman–Crippen MR) is 65.5 cm³/mol. The number of aryl methyl sites for hydroxylation is 1. The van der Waals surface area contributed by atoms with Crippen LogP contribution < -0.4 is 4.90 Å². The Morgan fingerprint density at radius 2 is 2.20 bits per heavy atom. The van der Waals surface area contributed by atoms with Gasteiger partial charge in [0.1, 0.15) is 0 Å². The van der Waals surface area contributed by atoms with Crippen LogP contribution >= 0.6 is 15.9 Å². The topological polar surface area (TPSA) is 29.0 Å². The van der Waals surface area contributed by atoms with Crippen LogP contribution in [0.3, 0.4) is 0 Å². The fraction of sp³-hybridized carbons (Fsp3) is 0.636. The highest BCUT2D eigenvalue weighted by Gasteiger charge is 2.26. The number of nitrogens with zero attached hydrogens (tertiary/aromatic N) is 3. The molecule has 3 nitrogen and oxygen atoms in total. The Labute approximate surface area is 99.0 Å². The highest BCUT2D eigenvalue weighted by molar-refractivity contribution is 9.09. The summed E-state index contributed by atoms with van der Waals surface area (Å²) in [6.07, 6.45) is 2.47. The summed E-state index contributed by atoms with van der Waals surface area (Å²) in [5.41, 5.74) is 0.971. The molecule has 1 aromatic heterocycles. The van der Waals surface area contributed by atoms with Gasteiger partial charge in [-0.15, -0.1) is 5.10 Å². The largest absolute Gasteiger partial charge is 0.351 e. The van der Waals surface area contributed by atoms with E-state index in [1.807, 2.05) is 13.0 Å². The number of halogens is 1. The van der Waals surface area contributed by atoms with Crippen molar-refractivity contribution in [3.8, 4) is 0 Å². The molecular weight excluding hydrogens is 254 g/mol. The van der Waals surface area contributed by atoms with Gasteiger partial charge in [-0.05, 0) is 38.8 Å². The summed E-state index contributed by atoms with van der Waals surface area (Å²) in [5, 5.41) is 8.35. The van der Waals surface area contributed by atoms with E-state index in [0.29, 0.717) is 10.9 Å². The average Bonchev–Trinajstić information content (AvgIpc) is 2.24. The SMILES string of the molecule is Cc1ccc(N2CCCC(Br)C2C)nn1. The molecule has 0 N–H and O–H groups in total. The zero-order chi connectivity index (χ0) is 10.8. The maximum atomic E-state index is 4.24. The number of anilines is 1. The standard InChI is InChI=1S/C11H16BrN3/c1-8-5-6-11(14-13-8)15-7-3-4-10(12)9(15)2/h5-6,9-10H,3-4,7H2,1-2H3. The lowest BCUT2D eigenvalue weighted by Crippen LogP contribution is -2.44. The molecule has 0 radical (unpaired) electrons. The van der Waals surface area contributed by atoms with Crippen LogP contribution in [0, 0.1) is 6.92 Å². The van der Waals surface area contributed by atoms with Gasteiger partial charge in [0.05, 0.1) is 5.69 Å². The third kappa shape index (κ3) is 2.30. The van der Waals surface area contributed by atoms with Crippen molar-refractivity contribution in [2.45, 2.75) is 37.6 Å². The molecule has 1 aliphatic heterocycles. The van der Waals surface area contributed by atoms with Gasteiger partial charge in [-0.1, -0.05) is 15.9 Å². The van der Waals surface area contributed by atoms with E-state index in [9.17, 15) is 0 Å². The molecule has 2 atom stereocenters. The fourth-order valence-electron chi connectivity index (χ4n) is 1.96. The number of alkyl halides is 1. The van der Waals surface area contributed by atoms with Gasteiger partial charge in [0, 0.05) is 17.4 Å². The Balaban J connectivity index is 2.18. The number of hydrogen-bond donors (Lipinski definition) is 0. The van der Waals surface area contributed by atoms with Crippen LogP contribution in [0.1, 0.15) is 25.5 Å². The van der Waals surface area contributed by atoms with Crippen LogP contribution in [0.25, 0.3) is 0 Å². The smallest absolute Gasteiger partial charge is 0.151 e. The van der Waals surface area contributed by atoms with Crippen molar-refractivity contribution in [1.82, 2.24) is 10.2 Å². The molecule has 1 aliphatic rings. The van der Waals surface area contributed by atoms with E-state index in [4.69, 9.17) is 0 Å². The summed E-state index contributed by atoms with van der Waals surface area (Å²) in [6.45, 7) is 5.28. The summed E-state index contributed by atoms with van der Waals surface area (Å²) in [7, 11) is 0. The van der Waals surface area contributed by atoms with Gasteiger partial charge in [0.25, 0.3) is 0 Å². The molecule has 15 heavy (non-hydrogen) atoms. The molecule has 0 aromatic carbocycles. The minimum atomic E-state index is 0.496. The quantitative estimate of drug-likeness (QED) is 0.734. The summed E-state index contributed by atoms with van der Waals surface area (Å²) >= 11 is 3.72. The summed E-state index contributed by atoms with van der Waals surface area (Å²) in [4.78, 5) is 2.89. The first-order valence-corrected chi connectivity index (χ1v) is 6.31. The van der Waals surface area contributed by atoms with Crippen molar-refractivity contribution in [3.63, 3.8) is 0 Å². The lowest BCUT2D eigenvalue weighted by atomic mass is 10.0. The van der Waals surface area contributed by atoms with Crippen molar-refractivity contribution in [2.75, 3.05) is 11.4 Å². The van der Waals surface area contributed by atoms with E-state index < -0.39 is 0 Å². The number of hydrogen-bond acceptors (Lipinski definition) is 3. The van der Waals surface area contributed by atoms with E-state index in [1.54, 1.807) is 0 Å². The van der Waals surface area contributed by atoms with E-state index in [2.05, 4.69) is 44.0 Å². The minimum absolute atomic E-state index is 0.496. The van der Waals surface area contributed by atoms with Crippen LogP contribution in [0.5, 0.6) is 0 Å². The Hall–Kier alpha value is -0.640. The summed E-state index contributed by atoms with van der Waals surface area (Å²) in [6, 6.07) is 4.58. The monoisotopic (exact) mass is 269 g/mol. The van der Waals surface area contributed by atoms with Crippen molar-refractivity contribution < 1.29 is 0 Å². The van der Waals surface area contributed by atoms with Gasteiger partial charge in [0.15, 0.2) is 5.82 Å². The summed E-state index contributed by atoms with van der Waals surface area (Å²) in [5.74, 6) is 0.997. The molecule has 0 saturated carbocycles. The minimum Gasteiger partial charge on any atom is -0.351 e. The highest BCUT2D eigenvalue weighted by atomic mass is 79.9. The molecule has 1 saturated heterocycles. The molecule has 4 heteroatoms. The second kappa shape index (κ2) is 4.47. The van der Waals surface area contributed by atoms with Gasteiger partial charge in [-0.2, -0.15) is 5.10 Å². The first-order chi connectivity index (χ1) is 7.18. The first kappa shape index (κ1) is 10.9. The second-order valence-electron chi connectivity index (χ2n) is 4.13. The molecule has 0 aliphatic carbocycles. The Bertz CT molecular complexity index is 325. The lowest BCUT2D eigenvalue weighted by Gasteiger charge is -2.37. The van der Waals surface area contributed by atoms with Gasteiger partial charge in [0.2, 0.25) is 0 Å². The van der Waals surface area contributed by atoms with Crippen LogP contribution in [0.15, 0.2) is 12.1 Å². The summed E-state index contributed by atoms with van der Waals surface area (Å²) < 4.78 is 0. The Morgan fingerprint density at radius 1 is 1.40 bits per heavy atom. The Morgan fingerprint density at radius 3 is 2.87 bits per heavy atom. The van der Waals surface area contributed by atoms with Crippen molar-refractivity contribution >= 4 is 21.7 Å². The van der Waals surface area contributed by atoms with E-state index in [-0.39, 0.29) is 0 Å². The molecule has 2 heterocycles. The van der Waals surface area contributed by atoms with Gasteiger partial charge in [-0.3, -0.25) is 0 Å². The zero-order valence-electron chi connectivity index (χ0n) is 9.15. The van der Waals surface area contributed by atoms with Crippen molar-refractivity contribution in [3.05, 3.63) is 17.8 Å². The third-order valence-corrected chi connectivity index (χ3v) is 4.19. The third-order valence-electron chi connectivity index (χ3n) is 2.97. The van der Waals surface area contributed by atoms with E-state index >= 15 is 0 Å². The number of piperidine rings is 1. The fourth-order valence-corrected chi connectivity index (χ4v) is 2.57. The zero-order valence-corrected chi connectivity index (χ0v) is 10.7. The molecule has 1 aromatic rings. The van der Waals surface area contributed by atoms with E-state index in [0.717, 1.165) is 18.1 Å². The molecule has 2 unspecified atom stereocenters. The van der Waals surface area contributed by atoms with E-state index in [1.165, 1.54) is 12.8 Å². The average molecular weight is 270 g/mol. The molecule has 82 valence electrons. The maximum Gasteiger partial charge on any atom is 0.151 e. The highest BCUT2D eigenvalue weighted by Crippen LogP contribution is 2.26. The molecule has 0 spiro atoms. The van der Waals surface area contributed by atoms with Gasteiger partial charge < -0.3 is 4.90 Å². The number of aromatic nitrogens is 2. The van der Waals surface area contributed by atoms with Crippen LogP contribution in [-0.4, -0.2) is 27.6 Å². The predicted octanol–water partition coefficient (Wildman–Crippen LogP) is 2.54. The van der Waals surface area contributed by atoms with Crippen LogP contribution in [-0.2, 0) is 0 Å². The van der Waals surface area contributed by atoms with Gasteiger partial charge in [-0.25, -0.2) is 0 Å². The second-order valence-corrected chi connectivity index (χ2v) is 5.30. The van der Waals surface area contributed by atoms with Crippen LogP contribution in [0.2, 0.25) is 0 Å². The molecule has 0 amide bonds. The van der Waals surface area contributed by atoms with Crippen LogP contribution in [0.4, 0.5) is 5.82 Å². The maximum absolute atomic E-state index is 4.24. The molecule has 1 fully saturated rings. The normalized spacial score (nSPS) is 26.7. The van der Waals surface area contributed by atoms with Crippen molar-refractivity contribution in [2.24, 2.45) is 0 Å².